The summed E-state index contributed by atoms with van der Waals surface area (Å²) in [6, 6.07) is 0. The lowest BCUT2D eigenvalue weighted by Gasteiger charge is -2.21. The summed E-state index contributed by atoms with van der Waals surface area (Å²) in [5.74, 6) is 0.375. The number of unbranched alkanes of at least 4 members (excludes halogenated alkanes) is 1. The van der Waals surface area contributed by atoms with Crippen molar-refractivity contribution in [1.29, 1.82) is 0 Å². The van der Waals surface area contributed by atoms with Gasteiger partial charge in [0.1, 0.15) is 10.6 Å². The maximum absolute atomic E-state index is 12.8. The number of nitrogens with zero attached hydrogens (tertiary/aromatic N) is 3. The Morgan fingerprint density at radius 2 is 1.95 bits per heavy atom. The van der Waals surface area contributed by atoms with Crippen molar-refractivity contribution in [3.8, 4) is 0 Å². The summed E-state index contributed by atoms with van der Waals surface area (Å²) < 4.78 is 32.1. The fourth-order valence-corrected chi connectivity index (χ4v) is 4.53. The Morgan fingerprint density at radius 1 is 1.19 bits per heavy atom. The average Bonchev–Trinajstić information content (AvgIpc) is 2.66. The van der Waals surface area contributed by atoms with E-state index >= 15 is 0 Å². The number of hydrogen-bond donors (Lipinski definition) is 0. The summed E-state index contributed by atoms with van der Waals surface area (Å²) in [5, 5.41) is 3.76. The molecular formula is C14H25N3O3S. The van der Waals surface area contributed by atoms with E-state index in [-0.39, 0.29) is 4.90 Å². The molecule has 0 amide bonds. The molecular weight excluding hydrogens is 290 g/mol. The zero-order valence-corrected chi connectivity index (χ0v) is 13.9. The Kier molecular flexibility index (Phi) is 5.40. The lowest BCUT2D eigenvalue weighted by atomic mass is 10.3. The summed E-state index contributed by atoms with van der Waals surface area (Å²) in [7, 11) is -3.50. The van der Waals surface area contributed by atoms with Crippen molar-refractivity contribution >= 4 is 10.0 Å². The molecule has 1 aromatic heterocycles. The molecule has 120 valence electrons. The van der Waals surface area contributed by atoms with Crippen LogP contribution >= 0.6 is 0 Å². The van der Waals surface area contributed by atoms with Gasteiger partial charge in [0.15, 0.2) is 5.76 Å². The molecule has 1 aliphatic rings. The molecule has 0 N–H and O–H groups in total. The highest BCUT2D eigenvalue weighted by molar-refractivity contribution is 7.89. The molecule has 1 fully saturated rings. The van der Waals surface area contributed by atoms with Crippen LogP contribution in [0.3, 0.4) is 0 Å². The van der Waals surface area contributed by atoms with E-state index in [0.29, 0.717) is 24.5 Å². The van der Waals surface area contributed by atoms with Gasteiger partial charge in [0.2, 0.25) is 10.0 Å². The lowest BCUT2D eigenvalue weighted by molar-refractivity contribution is 0.282. The minimum absolute atomic E-state index is 0.240. The molecule has 0 radical (unpaired) electrons. The van der Waals surface area contributed by atoms with Crippen molar-refractivity contribution < 1.29 is 12.9 Å². The summed E-state index contributed by atoms with van der Waals surface area (Å²) in [5.41, 5.74) is 0.444. The molecule has 0 saturated carbocycles. The number of aromatic nitrogens is 1. The summed E-state index contributed by atoms with van der Waals surface area (Å²) >= 11 is 0. The van der Waals surface area contributed by atoms with Gasteiger partial charge in [-0.3, -0.25) is 0 Å². The molecule has 0 aliphatic carbocycles. The summed E-state index contributed by atoms with van der Waals surface area (Å²) in [4.78, 5) is 2.59. The van der Waals surface area contributed by atoms with Gasteiger partial charge in [-0.05, 0) is 39.8 Å². The molecule has 0 unspecified atom stereocenters. The highest BCUT2D eigenvalue weighted by Crippen LogP contribution is 2.24. The largest absolute Gasteiger partial charge is 0.360 e. The Morgan fingerprint density at radius 3 is 2.57 bits per heavy atom. The fourth-order valence-electron chi connectivity index (χ4n) is 2.76. The van der Waals surface area contributed by atoms with Crippen LogP contribution in [0.2, 0.25) is 0 Å². The second kappa shape index (κ2) is 6.89. The predicted octanol–water partition coefficient (Wildman–Crippen LogP) is 1.79. The molecule has 7 heteroatoms. The second-order valence-electron chi connectivity index (χ2n) is 5.61. The third kappa shape index (κ3) is 3.64. The molecule has 1 saturated heterocycles. The van der Waals surface area contributed by atoms with E-state index in [1.165, 1.54) is 0 Å². The first-order chi connectivity index (χ1) is 9.96. The van der Waals surface area contributed by atoms with Gasteiger partial charge in [-0.1, -0.05) is 18.5 Å². The van der Waals surface area contributed by atoms with Crippen molar-refractivity contribution in [2.75, 3.05) is 32.7 Å². The van der Waals surface area contributed by atoms with E-state index in [1.54, 1.807) is 18.2 Å². The van der Waals surface area contributed by atoms with Gasteiger partial charge in [-0.25, -0.2) is 8.42 Å². The fraction of sp³-hybridized carbons (Fsp3) is 0.786. The van der Waals surface area contributed by atoms with Crippen LogP contribution in [-0.4, -0.2) is 55.5 Å². The van der Waals surface area contributed by atoms with Gasteiger partial charge >= 0.3 is 0 Å². The summed E-state index contributed by atoms with van der Waals surface area (Å²) in [6.07, 6.45) is 3.19. The first-order valence-electron chi connectivity index (χ1n) is 7.62. The normalized spacial score (nSPS) is 18.8. The van der Waals surface area contributed by atoms with Gasteiger partial charge in [-0.15, -0.1) is 0 Å². The van der Waals surface area contributed by atoms with Crippen LogP contribution in [0, 0.1) is 13.8 Å². The molecule has 0 atom stereocenters. The molecule has 0 bridgehead atoms. The minimum Gasteiger partial charge on any atom is -0.360 e. The van der Waals surface area contributed by atoms with E-state index in [4.69, 9.17) is 4.52 Å². The second-order valence-corrected chi connectivity index (χ2v) is 7.48. The van der Waals surface area contributed by atoms with E-state index in [0.717, 1.165) is 38.9 Å². The van der Waals surface area contributed by atoms with E-state index in [2.05, 4.69) is 17.0 Å². The molecule has 2 heterocycles. The van der Waals surface area contributed by atoms with E-state index in [1.807, 2.05) is 0 Å². The van der Waals surface area contributed by atoms with Gasteiger partial charge in [0.05, 0.1) is 0 Å². The first kappa shape index (κ1) is 16.5. The van der Waals surface area contributed by atoms with E-state index < -0.39 is 10.0 Å². The maximum atomic E-state index is 12.8. The Bertz CT molecular complexity index is 549. The van der Waals surface area contributed by atoms with Crippen molar-refractivity contribution in [2.24, 2.45) is 0 Å². The van der Waals surface area contributed by atoms with Crippen molar-refractivity contribution in [1.82, 2.24) is 14.4 Å². The molecule has 0 aromatic carbocycles. The molecule has 1 aliphatic heterocycles. The monoisotopic (exact) mass is 315 g/mol. The van der Waals surface area contributed by atoms with Crippen molar-refractivity contribution in [2.45, 2.75) is 44.9 Å². The van der Waals surface area contributed by atoms with Gasteiger partial charge < -0.3 is 9.42 Å². The average molecular weight is 315 g/mol. The van der Waals surface area contributed by atoms with Crippen LogP contribution in [-0.2, 0) is 10.0 Å². The van der Waals surface area contributed by atoms with Crippen molar-refractivity contribution in [3.05, 3.63) is 11.5 Å². The van der Waals surface area contributed by atoms with Crippen LogP contribution in [0.5, 0.6) is 0 Å². The smallest absolute Gasteiger partial charge is 0.248 e. The van der Waals surface area contributed by atoms with Crippen LogP contribution < -0.4 is 0 Å². The first-order valence-corrected chi connectivity index (χ1v) is 9.06. The number of hydrogen-bond acceptors (Lipinski definition) is 5. The number of rotatable bonds is 5. The van der Waals surface area contributed by atoms with E-state index in [9.17, 15) is 8.42 Å². The minimum atomic E-state index is -3.50. The van der Waals surface area contributed by atoms with Gasteiger partial charge in [-0.2, -0.15) is 4.31 Å². The highest BCUT2D eigenvalue weighted by Gasteiger charge is 2.31. The topological polar surface area (TPSA) is 66.7 Å². The highest BCUT2D eigenvalue weighted by atomic mass is 32.2. The third-order valence-electron chi connectivity index (χ3n) is 3.94. The van der Waals surface area contributed by atoms with Gasteiger partial charge in [0, 0.05) is 19.6 Å². The molecule has 6 nitrogen and oxygen atoms in total. The van der Waals surface area contributed by atoms with Gasteiger partial charge in [0.25, 0.3) is 0 Å². The Balaban J connectivity index is 2.11. The Labute approximate surface area is 127 Å². The van der Waals surface area contributed by atoms with Crippen LogP contribution in [0.25, 0.3) is 0 Å². The zero-order chi connectivity index (χ0) is 15.5. The standard InChI is InChI=1S/C14H25N3O3S/c1-4-5-7-16-8-6-9-17(11-10-16)21(18,19)14-12(2)15-20-13(14)3/h4-11H2,1-3H3. The molecule has 2 rings (SSSR count). The Hall–Kier alpha value is -0.920. The summed E-state index contributed by atoms with van der Waals surface area (Å²) in [6.45, 7) is 9.41. The predicted molar refractivity (Wildman–Crippen MR) is 80.7 cm³/mol. The molecule has 1 aromatic rings. The number of aryl methyl sites for hydroxylation is 2. The van der Waals surface area contributed by atoms with Crippen LogP contribution in [0.15, 0.2) is 9.42 Å². The molecule has 0 spiro atoms. The maximum Gasteiger partial charge on any atom is 0.248 e. The number of sulfonamides is 1. The zero-order valence-electron chi connectivity index (χ0n) is 13.1. The molecule has 21 heavy (non-hydrogen) atoms. The quantitative estimate of drug-likeness (QED) is 0.829. The SMILES string of the molecule is CCCCN1CCCN(S(=O)(=O)c2c(C)noc2C)CC1. The van der Waals surface area contributed by atoms with Crippen LogP contribution in [0.1, 0.15) is 37.6 Å². The lowest BCUT2D eigenvalue weighted by Crippen LogP contribution is -2.35. The van der Waals surface area contributed by atoms with Crippen molar-refractivity contribution in [3.63, 3.8) is 0 Å². The van der Waals surface area contributed by atoms with Crippen LogP contribution in [0.4, 0.5) is 0 Å². The third-order valence-corrected chi connectivity index (χ3v) is 6.08.